The van der Waals surface area contributed by atoms with E-state index in [1.54, 1.807) is 55.5 Å². The number of thiocarbonyl (C=S) groups is 1. The molecule has 1 atom stereocenters. The molecule has 0 radical (unpaired) electrons. The van der Waals surface area contributed by atoms with E-state index in [0.717, 1.165) is 11.1 Å². The minimum atomic E-state index is -0.499. The fraction of sp³-hybridized carbons (Fsp3) is 0.115. The molecule has 0 bridgehead atoms. The number of rotatable bonds is 6. The highest BCUT2D eigenvalue weighted by Crippen LogP contribution is 2.29. The maximum absolute atomic E-state index is 13.0. The van der Waals surface area contributed by atoms with Crippen molar-refractivity contribution >= 4 is 29.3 Å². The first-order valence-corrected chi connectivity index (χ1v) is 10.8. The Morgan fingerprint density at radius 3 is 2.18 bits per heavy atom. The Morgan fingerprint density at radius 1 is 0.879 bits per heavy atom. The number of nitrogens with one attached hydrogen (secondary N) is 2. The van der Waals surface area contributed by atoms with Crippen LogP contribution in [0.5, 0.6) is 5.75 Å². The number of ether oxygens (including phenoxy) is 2. The zero-order valence-electron chi connectivity index (χ0n) is 17.9. The second-order valence-corrected chi connectivity index (χ2v) is 7.86. The monoisotopic (exact) mass is 458 g/mol. The average molecular weight is 459 g/mol. The first kappa shape index (κ1) is 22.2. The molecule has 6 nitrogen and oxygen atoms in total. The molecule has 0 saturated heterocycles. The zero-order chi connectivity index (χ0) is 23.2. The van der Waals surface area contributed by atoms with E-state index in [0.29, 0.717) is 27.7 Å². The number of hydrogen-bond donors (Lipinski definition) is 2. The minimum Gasteiger partial charge on any atom is -0.457 e. The molecule has 166 valence electrons. The first-order valence-electron chi connectivity index (χ1n) is 10.4. The summed E-state index contributed by atoms with van der Waals surface area (Å²) in [7, 11) is 0. The second kappa shape index (κ2) is 10.1. The van der Waals surface area contributed by atoms with E-state index in [4.69, 9.17) is 21.7 Å². The standard InChI is InChI=1S/C26H22N2O4S/c1-17-22(25(30)31-16-18-8-4-2-5-9-18)23(28-26(33)27-17)19-12-14-21(15-13-19)32-24(29)20-10-6-3-7-11-20/h2-15,23H,16H2,1H3,(H2,27,28,33)/t23-/m0/s1. The van der Waals surface area contributed by atoms with Gasteiger partial charge in [-0.3, -0.25) is 0 Å². The molecular formula is C26H22N2O4S. The van der Waals surface area contributed by atoms with Crippen LogP contribution in [0.1, 0.15) is 34.5 Å². The van der Waals surface area contributed by atoms with E-state index in [9.17, 15) is 9.59 Å². The molecule has 7 heteroatoms. The van der Waals surface area contributed by atoms with E-state index in [-0.39, 0.29) is 6.61 Å². The Hall–Kier alpha value is -3.97. The summed E-state index contributed by atoms with van der Waals surface area (Å²) in [6.45, 7) is 1.96. The number of allylic oxidation sites excluding steroid dienone is 1. The lowest BCUT2D eigenvalue weighted by Gasteiger charge is -2.30. The maximum atomic E-state index is 13.0. The van der Waals surface area contributed by atoms with Gasteiger partial charge in [-0.1, -0.05) is 60.7 Å². The largest absolute Gasteiger partial charge is 0.457 e. The number of carbonyl (C=O) groups is 2. The fourth-order valence-corrected chi connectivity index (χ4v) is 3.75. The summed E-state index contributed by atoms with van der Waals surface area (Å²) in [6, 6.07) is 24.7. The van der Waals surface area contributed by atoms with Crippen molar-refractivity contribution in [3.8, 4) is 5.75 Å². The van der Waals surface area contributed by atoms with Gasteiger partial charge in [0.2, 0.25) is 0 Å². The van der Waals surface area contributed by atoms with Crippen LogP contribution in [-0.2, 0) is 16.1 Å². The van der Waals surface area contributed by atoms with Gasteiger partial charge >= 0.3 is 11.9 Å². The summed E-state index contributed by atoms with van der Waals surface area (Å²) < 4.78 is 11.0. The van der Waals surface area contributed by atoms with Gasteiger partial charge < -0.3 is 20.1 Å². The van der Waals surface area contributed by atoms with Gasteiger partial charge in [-0.25, -0.2) is 9.59 Å². The Morgan fingerprint density at radius 2 is 1.52 bits per heavy atom. The van der Waals surface area contributed by atoms with Gasteiger partial charge in [-0.15, -0.1) is 0 Å². The van der Waals surface area contributed by atoms with Crippen molar-refractivity contribution in [2.24, 2.45) is 0 Å². The second-order valence-electron chi connectivity index (χ2n) is 7.46. The lowest BCUT2D eigenvalue weighted by Crippen LogP contribution is -2.45. The normalized spacial score (nSPS) is 15.3. The SMILES string of the molecule is CC1=C(C(=O)OCc2ccccc2)[C@H](c2ccc(OC(=O)c3ccccc3)cc2)NC(=S)N1. The van der Waals surface area contributed by atoms with Gasteiger partial charge in [0, 0.05) is 5.70 Å². The molecule has 3 aromatic carbocycles. The maximum Gasteiger partial charge on any atom is 0.343 e. The van der Waals surface area contributed by atoms with Crippen LogP contribution in [0.15, 0.2) is 96.2 Å². The minimum absolute atomic E-state index is 0.169. The topological polar surface area (TPSA) is 76.7 Å². The smallest absolute Gasteiger partial charge is 0.343 e. The highest BCUT2D eigenvalue weighted by atomic mass is 32.1. The molecule has 0 spiro atoms. The first-order chi connectivity index (χ1) is 16.0. The zero-order valence-corrected chi connectivity index (χ0v) is 18.7. The molecule has 0 unspecified atom stereocenters. The number of carbonyl (C=O) groups excluding carboxylic acids is 2. The predicted octanol–water partition coefficient (Wildman–Crippen LogP) is 4.44. The molecule has 0 saturated carbocycles. The Labute approximate surface area is 197 Å². The Bertz CT molecular complexity index is 1190. The van der Waals surface area contributed by atoms with Crippen LogP contribution in [0.25, 0.3) is 0 Å². The van der Waals surface area contributed by atoms with Gasteiger partial charge in [0.1, 0.15) is 12.4 Å². The molecule has 0 amide bonds. The summed E-state index contributed by atoms with van der Waals surface area (Å²) in [5.74, 6) is -0.480. The third-order valence-corrected chi connectivity index (χ3v) is 5.36. The average Bonchev–Trinajstić information content (AvgIpc) is 2.84. The number of benzene rings is 3. The Balaban J connectivity index is 1.50. The number of hydrogen-bond acceptors (Lipinski definition) is 5. The molecule has 4 rings (SSSR count). The summed E-state index contributed by atoms with van der Waals surface area (Å²) in [6.07, 6.45) is 0. The van der Waals surface area contributed by atoms with Gasteiger partial charge in [0.25, 0.3) is 0 Å². The predicted molar refractivity (Wildman–Crippen MR) is 128 cm³/mol. The molecule has 0 aromatic heterocycles. The van der Waals surface area contributed by atoms with Crippen molar-refractivity contribution in [1.29, 1.82) is 0 Å². The van der Waals surface area contributed by atoms with Crippen LogP contribution in [0.4, 0.5) is 0 Å². The summed E-state index contributed by atoms with van der Waals surface area (Å²) in [5.41, 5.74) is 3.21. The Kier molecular flexibility index (Phi) is 6.80. The molecule has 3 aromatic rings. The van der Waals surface area contributed by atoms with Crippen LogP contribution < -0.4 is 15.4 Å². The molecule has 2 N–H and O–H groups in total. The van der Waals surface area contributed by atoms with Crippen molar-refractivity contribution in [3.05, 3.63) is 113 Å². The molecular weight excluding hydrogens is 436 g/mol. The van der Waals surface area contributed by atoms with Crippen LogP contribution in [0.2, 0.25) is 0 Å². The van der Waals surface area contributed by atoms with E-state index in [1.807, 2.05) is 36.4 Å². The summed E-state index contributed by atoms with van der Waals surface area (Å²) in [5, 5.41) is 6.54. The summed E-state index contributed by atoms with van der Waals surface area (Å²) >= 11 is 5.30. The summed E-state index contributed by atoms with van der Waals surface area (Å²) in [4.78, 5) is 25.3. The molecule has 0 aliphatic carbocycles. The molecule has 33 heavy (non-hydrogen) atoms. The van der Waals surface area contributed by atoms with Gasteiger partial charge in [-0.2, -0.15) is 0 Å². The van der Waals surface area contributed by atoms with E-state index >= 15 is 0 Å². The van der Waals surface area contributed by atoms with Gasteiger partial charge in [0.15, 0.2) is 5.11 Å². The van der Waals surface area contributed by atoms with Crippen molar-refractivity contribution in [1.82, 2.24) is 10.6 Å². The fourth-order valence-electron chi connectivity index (χ4n) is 3.48. The van der Waals surface area contributed by atoms with E-state index < -0.39 is 18.0 Å². The van der Waals surface area contributed by atoms with E-state index in [1.165, 1.54) is 0 Å². The third-order valence-electron chi connectivity index (χ3n) is 5.14. The quantitative estimate of drug-likeness (QED) is 0.321. The van der Waals surface area contributed by atoms with Crippen molar-refractivity contribution in [2.75, 3.05) is 0 Å². The van der Waals surface area contributed by atoms with Crippen LogP contribution in [0.3, 0.4) is 0 Å². The van der Waals surface area contributed by atoms with Crippen LogP contribution in [-0.4, -0.2) is 17.1 Å². The highest BCUT2D eigenvalue weighted by molar-refractivity contribution is 7.80. The van der Waals surface area contributed by atoms with Crippen molar-refractivity contribution in [3.63, 3.8) is 0 Å². The lowest BCUT2D eigenvalue weighted by atomic mass is 9.95. The molecule has 0 fully saturated rings. The molecule has 1 aliphatic heterocycles. The van der Waals surface area contributed by atoms with Crippen molar-refractivity contribution < 1.29 is 19.1 Å². The van der Waals surface area contributed by atoms with Gasteiger partial charge in [0.05, 0.1) is 17.2 Å². The third kappa shape index (κ3) is 5.45. The highest BCUT2D eigenvalue weighted by Gasteiger charge is 2.31. The molecule has 1 aliphatic rings. The lowest BCUT2D eigenvalue weighted by molar-refractivity contribution is -0.140. The van der Waals surface area contributed by atoms with Gasteiger partial charge in [-0.05, 0) is 54.5 Å². The van der Waals surface area contributed by atoms with E-state index in [2.05, 4.69) is 10.6 Å². The van der Waals surface area contributed by atoms with Crippen LogP contribution in [0, 0.1) is 0 Å². The number of esters is 2. The van der Waals surface area contributed by atoms with Crippen molar-refractivity contribution in [2.45, 2.75) is 19.6 Å². The molecule has 1 heterocycles. The van der Waals surface area contributed by atoms with Crippen LogP contribution >= 0.6 is 12.2 Å².